The molecule has 0 spiro atoms. The minimum absolute atomic E-state index is 0.0107. The van der Waals surface area contributed by atoms with E-state index in [0.717, 1.165) is 21.9 Å². The fourth-order valence-electron chi connectivity index (χ4n) is 1.96. The van der Waals surface area contributed by atoms with Gasteiger partial charge in [-0.25, -0.2) is 0 Å². The summed E-state index contributed by atoms with van der Waals surface area (Å²) in [6.07, 6.45) is 0. The topological polar surface area (TPSA) is 68.9 Å². The number of nitrogens with one attached hydrogen (secondary N) is 2. The van der Waals surface area contributed by atoms with Crippen LogP contribution in [0.15, 0.2) is 24.3 Å². The lowest BCUT2D eigenvalue weighted by atomic mass is 10.2. The van der Waals surface area contributed by atoms with Crippen LogP contribution in [0.5, 0.6) is 5.75 Å². The molecule has 0 fully saturated rings. The van der Waals surface area contributed by atoms with Gasteiger partial charge in [0.2, 0.25) is 0 Å². The Morgan fingerprint density at radius 2 is 2.00 bits per heavy atom. The second-order valence-electron chi connectivity index (χ2n) is 3.88. The van der Waals surface area contributed by atoms with Crippen LogP contribution in [-0.2, 0) is 0 Å². The molecule has 0 bridgehead atoms. The molecule has 0 aliphatic carbocycles. The van der Waals surface area contributed by atoms with Crippen molar-refractivity contribution in [2.24, 2.45) is 0 Å². The Labute approximate surface area is 90.9 Å². The maximum absolute atomic E-state index is 11.2. The standard InChI is InChI=1S/C12H10N2O2/c1-6(15)10-5-9-8-3-2-7(16)4-11(8)14-12(9)13-10/h2-5,13-14,16H,1H3. The van der Waals surface area contributed by atoms with E-state index in [4.69, 9.17) is 0 Å². The second kappa shape index (κ2) is 2.88. The molecule has 16 heavy (non-hydrogen) atoms. The fourth-order valence-corrected chi connectivity index (χ4v) is 1.96. The molecule has 0 unspecified atom stereocenters. The number of fused-ring (bicyclic) bond motifs is 3. The van der Waals surface area contributed by atoms with Gasteiger partial charge in [-0.05, 0) is 18.2 Å². The molecule has 80 valence electrons. The largest absolute Gasteiger partial charge is 0.508 e. The van der Waals surface area contributed by atoms with E-state index in [-0.39, 0.29) is 11.5 Å². The van der Waals surface area contributed by atoms with Gasteiger partial charge in [-0.3, -0.25) is 4.79 Å². The zero-order valence-electron chi connectivity index (χ0n) is 8.66. The molecule has 0 saturated heterocycles. The van der Waals surface area contributed by atoms with E-state index in [1.54, 1.807) is 12.1 Å². The molecule has 1 aromatic carbocycles. The summed E-state index contributed by atoms with van der Waals surface area (Å²) in [5.41, 5.74) is 2.26. The summed E-state index contributed by atoms with van der Waals surface area (Å²) in [7, 11) is 0. The molecular formula is C12H10N2O2. The number of aromatic amines is 2. The first kappa shape index (κ1) is 9.03. The minimum atomic E-state index is 0.0107. The molecule has 0 amide bonds. The molecule has 0 atom stereocenters. The molecule has 0 aliphatic rings. The Hall–Kier alpha value is -2.23. The van der Waals surface area contributed by atoms with Gasteiger partial charge in [-0.1, -0.05) is 0 Å². The summed E-state index contributed by atoms with van der Waals surface area (Å²) in [4.78, 5) is 17.4. The molecule has 3 rings (SSSR count). The number of hydrogen-bond donors (Lipinski definition) is 3. The number of hydrogen-bond acceptors (Lipinski definition) is 2. The average Bonchev–Trinajstić information content (AvgIpc) is 2.73. The SMILES string of the molecule is CC(=O)c1cc2c([nH]1)[nH]c1cc(O)ccc12. The van der Waals surface area contributed by atoms with Gasteiger partial charge in [0.05, 0.1) is 11.2 Å². The number of aromatic hydroxyl groups is 1. The Morgan fingerprint density at radius 3 is 2.75 bits per heavy atom. The molecule has 2 aromatic heterocycles. The lowest BCUT2D eigenvalue weighted by Crippen LogP contribution is -1.90. The van der Waals surface area contributed by atoms with E-state index >= 15 is 0 Å². The van der Waals surface area contributed by atoms with Crippen molar-refractivity contribution in [2.45, 2.75) is 6.92 Å². The van der Waals surface area contributed by atoms with Gasteiger partial charge in [0.1, 0.15) is 11.4 Å². The minimum Gasteiger partial charge on any atom is -0.508 e. The molecular weight excluding hydrogens is 204 g/mol. The van der Waals surface area contributed by atoms with Gasteiger partial charge in [-0.15, -0.1) is 0 Å². The molecule has 3 N–H and O–H groups in total. The number of Topliss-reactive ketones (excluding diaryl/α,β-unsaturated/α-hetero) is 1. The first-order valence-corrected chi connectivity index (χ1v) is 4.99. The fraction of sp³-hybridized carbons (Fsp3) is 0.0833. The zero-order valence-corrected chi connectivity index (χ0v) is 8.66. The van der Waals surface area contributed by atoms with Crippen molar-refractivity contribution >= 4 is 27.7 Å². The van der Waals surface area contributed by atoms with Crippen molar-refractivity contribution in [3.63, 3.8) is 0 Å². The predicted molar refractivity (Wildman–Crippen MR) is 61.8 cm³/mol. The number of carbonyl (C=O) groups is 1. The molecule has 3 aromatic rings. The molecule has 4 heteroatoms. The van der Waals surface area contributed by atoms with Crippen LogP contribution in [0.25, 0.3) is 21.9 Å². The maximum atomic E-state index is 11.2. The third-order valence-corrected chi connectivity index (χ3v) is 2.75. The maximum Gasteiger partial charge on any atom is 0.176 e. The smallest absolute Gasteiger partial charge is 0.176 e. The highest BCUT2D eigenvalue weighted by molar-refractivity contribution is 6.09. The van der Waals surface area contributed by atoms with E-state index in [0.29, 0.717) is 5.69 Å². The van der Waals surface area contributed by atoms with E-state index in [1.807, 2.05) is 12.1 Å². The number of phenolic OH excluding ortho intramolecular Hbond substituents is 1. The van der Waals surface area contributed by atoms with Crippen molar-refractivity contribution in [3.05, 3.63) is 30.0 Å². The third kappa shape index (κ3) is 1.13. The predicted octanol–water partition coefficient (Wildman–Crippen LogP) is 2.56. The summed E-state index contributed by atoms with van der Waals surface area (Å²) < 4.78 is 0. The van der Waals surface area contributed by atoms with Gasteiger partial charge in [0, 0.05) is 23.8 Å². The first-order chi connectivity index (χ1) is 7.65. The Balaban J connectivity index is 2.38. The number of rotatable bonds is 1. The lowest BCUT2D eigenvalue weighted by Gasteiger charge is -1.92. The number of carbonyl (C=O) groups excluding carboxylic acids is 1. The summed E-state index contributed by atoms with van der Waals surface area (Å²) in [5.74, 6) is 0.236. The molecule has 0 saturated carbocycles. The summed E-state index contributed by atoms with van der Waals surface area (Å²) in [5, 5.41) is 11.3. The van der Waals surface area contributed by atoms with Crippen LogP contribution in [0.1, 0.15) is 17.4 Å². The van der Waals surface area contributed by atoms with Crippen molar-refractivity contribution < 1.29 is 9.90 Å². The van der Waals surface area contributed by atoms with Crippen LogP contribution in [-0.4, -0.2) is 20.9 Å². The van der Waals surface area contributed by atoms with Crippen molar-refractivity contribution in [1.82, 2.24) is 9.97 Å². The van der Waals surface area contributed by atoms with Crippen LogP contribution in [0.3, 0.4) is 0 Å². The summed E-state index contributed by atoms with van der Waals surface area (Å²) >= 11 is 0. The average molecular weight is 214 g/mol. The van der Waals surface area contributed by atoms with Crippen molar-refractivity contribution in [3.8, 4) is 5.75 Å². The highest BCUT2D eigenvalue weighted by Gasteiger charge is 2.10. The Kier molecular flexibility index (Phi) is 1.63. The monoisotopic (exact) mass is 214 g/mol. The highest BCUT2D eigenvalue weighted by Crippen LogP contribution is 2.28. The van der Waals surface area contributed by atoms with E-state index in [2.05, 4.69) is 9.97 Å². The molecule has 2 heterocycles. The third-order valence-electron chi connectivity index (χ3n) is 2.75. The Bertz CT molecular complexity index is 706. The van der Waals surface area contributed by atoms with Crippen LogP contribution >= 0.6 is 0 Å². The molecule has 4 nitrogen and oxygen atoms in total. The van der Waals surface area contributed by atoms with Crippen LogP contribution in [0.4, 0.5) is 0 Å². The van der Waals surface area contributed by atoms with E-state index in [1.165, 1.54) is 6.92 Å². The second-order valence-corrected chi connectivity index (χ2v) is 3.88. The van der Waals surface area contributed by atoms with Crippen molar-refractivity contribution in [1.29, 1.82) is 0 Å². The van der Waals surface area contributed by atoms with Crippen LogP contribution < -0.4 is 0 Å². The Morgan fingerprint density at radius 1 is 1.19 bits per heavy atom. The van der Waals surface area contributed by atoms with Gasteiger partial charge < -0.3 is 15.1 Å². The summed E-state index contributed by atoms with van der Waals surface area (Å²) in [6.45, 7) is 1.53. The van der Waals surface area contributed by atoms with Crippen LogP contribution in [0.2, 0.25) is 0 Å². The van der Waals surface area contributed by atoms with Gasteiger partial charge in [0.25, 0.3) is 0 Å². The molecule has 0 aliphatic heterocycles. The summed E-state index contributed by atoms with van der Waals surface area (Å²) in [6, 6.07) is 6.96. The number of ketones is 1. The zero-order chi connectivity index (χ0) is 11.3. The normalized spacial score (nSPS) is 11.3. The number of benzene rings is 1. The van der Waals surface area contributed by atoms with Crippen LogP contribution in [0, 0.1) is 0 Å². The van der Waals surface area contributed by atoms with Gasteiger partial charge >= 0.3 is 0 Å². The van der Waals surface area contributed by atoms with Gasteiger partial charge in [-0.2, -0.15) is 0 Å². The van der Waals surface area contributed by atoms with Crippen molar-refractivity contribution in [2.75, 3.05) is 0 Å². The number of H-pyrrole nitrogens is 2. The first-order valence-electron chi connectivity index (χ1n) is 4.99. The lowest BCUT2D eigenvalue weighted by molar-refractivity contribution is 0.101. The van der Waals surface area contributed by atoms with E-state index in [9.17, 15) is 9.90 Å². The highest BCUT2D eigenvalue weighted by atomic mass is 16.3. The molecule has 0 radical (unpaired) electrons. The number of aromatic nitrogens is 2. The van der Waals surface area contributed by atoms with Gasteiger partial charge in [0.15, 0.2) is 5.78 Å². The quantitative estimate of drug-likeness (QED) is 0.545. The van der Waals surface area contributed by atoms with E-state index < -0.39 is 0 Å². The number of phenols is 1.